The first-order valence-corrected chi connectivity index (χ1v) is 11.0. The van der Waals surface area contributed by atoms with Gasteiger partial charge >= 0.3 is 0 Å². The molecule has 8 heteroatoms. The molecule has 2 aromatic carbocycles. The predicted octanol–water partition coefficient (Wildman–Crippen LogP) is 5.19. The lowest BCUT2D eigenvalue weighted by atomic mass is 10.1. The second kappa shape index (κ2) is 10.00. The average Bonchev–Trinajstić information content (AvgIpc) is 3.10. The summed E-state index contributed by atoms with van der Waals surface area (Å²) in [4.78, 5) is 12.5. The number of carbonyl (C=O) groups excluding carboxylic acids is 1. The number of anilines is 1. The summed E-state index contributed by atoms with van der Waals surface area (Å²) in [5.74, 6) is 1.46. The Morgan fingerprint density at radius 1 is 1.17 bits per heavy atom. The number of ether oxygens (including phenoxy) is 1. The van der Waals surface area contributed by atoms with Gasteiger partial charge in [-0.2, -0.15) is 0 Å². The van der Waals surface area contributed by atoms with Gasteiger partial charge in [-0.3, -0.25) is 4.79 Å². The molecule has 0 aliphatic rings. The van der Waals surface area contributed by atoms with Crippen LogP contribution in [0.5, 0.6) is 5.75 Å². The van der Waals surface area contributed by atoms with Crippen LogP contribution in [0.3, 0.4) is 0 Å². The van der Waals surface area contributed by atoms with Crippen LogP contribution < -0.4 is 10.1 Å². The number of halogens is 1. The van der Waals surface area contributed by atoms with Crippen molar-refractivity contribution >= 4 is 35.0 Å². The fraction of sp³-hybridized carbons (Fsp3) is 0.318. The van der Waals surface area contributed by atoms with E-state index >= 15 is 0 Å². The molecule has 0 bridgehead atoms. The Kier molecular flexibility index (Phi) is 7.39. The van der Waals surface area contributed by atoms with E-state index in [1.807, 2.05) is 50.5 Å². The number of para-hydroxylation sites is 1. The van der Waals surface area contributed by atoms with E-state index in [2.05, 4.69) is 27.6 Å². The molecule has 6 nitrogen and oxygen atoms in total. The van der Waals surface area contributed by atoms with Crippen molar-refractivity contribution in [2.75, 3.05) is 11.1 Å². The van der Waals surface area contributed by atoms with Gasteiger partial charge in [-0.25, -0.2) is 0 Å². The summed E-state index contributed by atoms with van der Waals surface area (Å²) in [5, 5.41) is 12.7. The lowest BCUT2D eigenvalue weighted by Gasteiger charge is -2.13. The van der Waals surface area contributed by atoms with E-state index in [9.17, 15) is 4.79 Å². The molecule has 0 aliphatic carbocycles. The first-order valence-electron chi connectivity index (χ1n) is 9.69. The maximum Gasteiger partial charge on any atom is 0.234 e. The number of benzene rings is 2. The van der Waals surface area contributed by atoms with E-state index in [0.717, 1.165) is 16.8 Å². The van der Waals surface area contributed by atoms with Gasteiger partial charge in [0, 0.05) is 12.2 Å². The molecule has 1 amide bonds. The Morgan fingerprint density at radius 3 is 2.53 bits per heavy atom. The van der Waals surface area contributed by atoms with Crippen LogP contribution >= 0.6 is 23.4 Å². The van der Waals surface area contributed by atoms with Crippen LogP contribution in [0.4, 0.5) is 5.69 Å². The number of nitrogens with one attached hydrogen (secondary N) is 1. The molecule has 1 N–H and O–H groups in total. The zero-order valence-corrected chi connectivity index (χ0v) is 19.1. The summed E-state index contributed by atoms with van der Waals surface area (Å²) in [6.07, 6.45) is 0. The standard InChI is InChI=1S/C22H25ClN4O2S/c1-5-27-19(12-29-18-9-7-6-8-17(18)23)25-26-22(27)30-13-20(28)24-21-15(3)10-14(2)11-16(21)4/h6-11H,5,12-13H2,1-4H3,(H,24,28). The van der Waals surface area contributed by atoms with Gasteiger partial charge in [0.25, 0.3) is 0 Å². The van der Waals surface area contributed by atoms with Crippen molar-refractivity contribution in [2.24, 2.45) is 0 Å². The maximum atomic E-state index is 12.5. The van der Waals surface area contributed by atoms with E-state index in [-0.39, 0.29) is 18.3 Å². The van der Waals surface area contributed by atoms with Crippen LogP contribution in [0, 0.1) is 20.8 Å². The topological polar surface area (TPSA) is 69.0 Å². The molecule has 0 aliphatic heterocycles. The van der Waals surface area contributed by atoms with E-state index in [0.29, 0.717) is 28.3 Å². The van der Waals surface area contributed by atoms with Crippen LogP contribution in [0.25, 0.3) is 0 Å². The van der Waals surface area contributed by atoms with Crippen molar-refractivity contribution in [3.8, 4) is 5.75 Å². The second-order valence-corrected chi connectivity index (χ2v) is 8.32. The Morgan fingerprint density at radius 2 is 1.87 bits per heavy atom. The van der Waals surface area contributed by atoms with Gasteiger partial charge in [0.1, 0.15) is 12.4 Å². The minimum absolute atomic E-state index is 0.0745. The number of hydrogen-bond acceptors (Lipinski definition) is 5. The van der Waals surface area contributed by atoms with Crippen LogP contribution in [0.1, 0.15) is 29.4 Å². The second-order valence-electron chi connectivity index (χ2n) is 6.97. The lowest BCUT2D eigenvalue weighted by Crippen LogP contribution is -2.16. The molecule has 0 radical (unpaired) electrons. The summed E-state index contributed by atoms with van der Waals surface area (Å²) in [5.41, 5.74) is 4.17. The van der Waals surface area contributed by atoms with Crippen LogP contribution in [0.2, 0.25) is 5.02 Å². The van der Waals surface area contributed by atoms with Gasteiger partial charge in [-0.15, -0.1) is 10.2 Å². The van der Waals surface area contributed by atoms with Crippen molar-refractivity contribution in [1.29, 1.82) is 0 Å². The molecule has 1 heterocycles. The van der Waals surface area contributed by atoms with E-state index < -0.39 is 0 Å². The molecule has 158 valence electrons. The van der Waals surface area contributed by atoms with Gasteiger partial charge < -0.3 is 14.6 Å². The quantitative estimate of drug-likeness (QED) is 0.484. The van der Waals surface area contributed by atoms with Crippen LogP contribution in [-0.2, 0) is 17.9 Å². The lowest BCUT2D eigenvalue weighted by molar-refractivity contribution is -0.113. The number of nitrogens with zero attached hydrogens (tertiary/aromatic N) is 3. The summed E-state index contributed by atoms with van der Waals surface area (Å²) in [7, 11) is 0. The number of thioether (sulfide) groups is 1. The highest BCUT2D eigenvalue weighted by atomic mass is 35.5. The van der Waals surface area contributed by atoms with E-state index in [4.69, 9.17) is 16.3 Å². The molecular formula is C22H25ClN4O2S. The summed E-state index contributed by atoms with van der Waals surface area (Å²) < 4.78 is 7.72. The monoisotopic (exact) mass is 444 g/mol. The van der Waals surface area contributed by atoms with Gasteiger partial charge in [0.05, 0.1) is 10.8 Å². The zero-order chi connectivity index (χ0) is 21.7. The molecule has 0 spiro atoms. The molecule has 0 saturated carbocycles. The summed E-state index contributed by atoms with van der Waals surface area (Å²) in [6, 6.07) is 11.4. The predicted molar refractivity (Wildman–Crippen MR) is 121 cm³/mol. The Balaban J connectivity index is 1.62. The molecule has 3 rings (SSSR count). The zero-order valence-electron chi connectivity index (χ0n) is 17.5. The normalized spacial score (nSPS) is 10.8. The minimum atomic E-state index is -0.0745. The Bertz CT molecular complexity index is 1030. The van der Waals surface area contributed by atoms with Crippen molar-refractivity contribution in [3.63, 3.8) is 0 Å². The first kappa shape index (κ1) is 22.2. The number of rotatable bonds is 8. The van der Waals surface area contributed by atoms with Crippen LogP contribution in [-0.4, -0.2) is 26.4 Å². The highest BCUT2D eigenvalue weighted by molar-refractivity contribution is 7.99. The van der Waals surface area contributed by atoms with E-state index in [1.165, 1.54) is 17.3 Å². The Hall–Kier alpha value is -2.51. The molecule has 3 aromatic rings. The number of carbonyl (C=O) groups is 1. The highest BCUT2D eigenvalue weighted by Gasteiger charge is 2.15. The van der Waals surface area contributed by atoms with Crippen molar-refractivity contribution in [1.82, 2.24) is 14.8 Å². The number of amides is 1. The van der Waals surface area contributed by atoms with Crippen LogP contribution in [0.15, 0.2) is 41.6 Å². The number of hydrogen-bond donors (Lipinski definition) is 1. The van der Waals surface area contributed by atoms with Crippen molar-refractivity contribution in [2.45, 2.75) is 46.0 Å². The fourth-order valence-electron chi connectivity index (χ4n) is 3.24. The summed E-state index contributed by atoms with van der Waals surface area (Å²) >= 11 is 7.49. The fourth-order valence-corrected chi connectivity index (χ4v) is 4.25. The average molecular weight is 445 g/mol. The molecule has 0 unspecified atom stereocenters. The maximum absolute atomic E-state index is 12.5. The SMILES string of the molecule is CCn1c(COc2ccccc2Cl)nnc1SCC(=O)Nc1c(C)cc(C)cc1C. The smallest absolute Gasteiger partial charge is 0.234 e. The number of aromatic nitrogens is 3. The first-order chi connectivity index (χ1) is 14.4. The largest absolute Gasteiger partial charge is 0.484 e. The molecular weight excluding hydrogens is 420 g/mol. The Labute approximate surface area is 186 Å². The highest BCUT2D eigenvalue weighted by Crippen LogP contribution is 2.25. The molecule has 0 fully saturated rings. The summed E-state index contributed by atoms with van der Waals surface area (Å²) in [6.45, 7) is 8.98. The van der Waals surface area contributed by atoms with Gasteiger partial charge in [0.15, 0.2) is 11.0 Å². The van der Waals surface area contributed by atoms with Gasteiger partial charge in [0.2, 0.25) is 5.91 Å². The van der Waals surface area contributed by atoms with Gasteiger partial charge in [-0.05, 0) is 51.0 Å². The third kappa shape index (κ3) is 5.34. The van der Waals surface area contributed by atoms with Crippen molar-refractivity contribution in [3.05, 3.63) is 63.9 Å². The third-order valence-corrected chi connectivity index (χ3v) is 5.86. The minimum Gasteiger partial charge on any atom is -0.484 e. The molecule has 0 atom stereocenters. The molecule has 1 aromatic heterocycles. The third-order valence-electron chi connectivity index (χ3n) is 4.58. The van der Waals surface area contributed by atoms with E-state index in [1.54, 1.807) is 6.07 Å². The number of aryl methyl sites for hydroxylation is 3. The molecule has 30 heavy (non-hydrogen) atoms. The molecule has 0 saturated heterocycles. The van der Waals surface area contributed by atoms with Gasteiger partial charge in [-0.1, -0.05) is 53.2 Å². The van der Waals surface area contributed by atoms with Crippen molar-refractivity contribution < 1.29 is 9.53 Å².